The molecule has 118 valence electrons. The van der Waals surface area contributed by atoms with E-state index in [9.17, 15) is 13.2 Å². The van der Waals surface area contributed by atoms with E-state index in [1.165, 1.54) is 16.8 Å². The molecule has 2 rings (SSSR count). The molecule has 0 spiro atoms. The summed E-state index contributed by atoms with van der Waals surface area (Å²) >= 11 is 0. The minimum Gasteiger partial charge on any atom is -0.480 e. The maximum atomic E-state index is 12.5. The molecule has 0 aromatic carbocycles. The molecule has 0 unspecified atom stereocenters. The molecule has 8 nitrogen and oxygen atoms in total. The number of nitrogens with zero attached hydrogens (tertiary/aromatic N) is 4. The van der Waals surface area contributed by atoms with E-state index in [4.69, 9.17) is 5.11 Å². The second-order valence-electron chi connectivity index (χ2n) is 4.97. The quantitative estimate of drug-likeness (QED) is 0.800. The molecule has 9 heteroatoms. The number of imidazole rings is 1. The van der Waals surface area contributed by atoms with E-state index >= 15 is 0 Å². The van der Waals surface area contributed by atoms with Crippen LogP contribution in [0.25, 0.3) is 0 Å². The van der Waals surface area contributed by atoms with Crippen LogP contribution in [-0.2, 0) is 21.4 Å². The molecule has 1 aromatic rings. The Morgan fingerprint density at radius 3 is 2.71 bits per heavy atom. The smallest absolute Gasteiger partial charge is 0.317 e. The summed E-state index contributed by atoms with van der Waals surface area (Å²) in [6, 6.07) is 0. The maximum Gasteiger partial charge on any atom is 0.317 e. The van der Waals surface area contributed by atoms with Crippen LogP contribution in [0, 0.1) is 0 Å². The van der Waals surface area contributed by atoms with E-state index in [0.717, 1.165) is 0 Å². The van der Waals surface area contributed by atoms with E-state index < -0.39 is 16.0 Å². The van der Waals surface area contributed by atoms with Crippen molar-refractivity contribution < 1.29 is 18.3 Å². The molecule has 0 amide bonds. The van der Waals surface area contributed by atoms with Crippen LogP contribution in [-0.4, -0.2) is 71.0 Å². The van der Waals surface area contributed by atoms with Gasteiger partial charge in [-0.15, -0.1) is 0 Å². The lowest BCUT2D eigenvalue weighted by Gasteiger charge is -2.19. The van der Waals surface area contributed by atoms with Gasteiger partial charge in [0.15, 0.2) is 5.03 Å². The van der Waals surface area contributed by atoms with Crippen LogP contribution in [0.5, 0.6) is 0 Å². The first-order chi connectivity index (χ1) is 9.93. The molecule has 1 aliphatic heterocycles. The Morgan fingerprint density at radius 2 is 2.10 bits per heavy atom. The predicted octanol–water partition coefficient (Wildman–Crippen LogP) is -0.316. The molecule has 0 radical (unpaired) electrons. The van der Waals surface area contributed by atoms with Crippen molar-refractivity contribution in [3.63, 3.8) is 0 Å². The normalized spacial score (nSPS) is 18.5. The molecular weight excluding hydrogens is 296 g/mol. The van der Waals surface area contributed by atoms with Crippen molar-refractivity contribution in [2.24, 2.45) is 0 Å². The summed E-state index contributed by atoms with van der Waals surface area (Å²) in [5.41, 5.74) is 0. The van der Waals surface area contributed by atoms with Gasteiger partial charge in [-0.25, -0.2) is 13.4 Å². The SMILES string of the molecule is CCn1cnc(S(=O)(=O)N2CCCN(CC(=O)O)CC2)c1. The fourth-order valence-corrected chi connectivity index (χ4v) is 3.72. The molecule has 1 aliphatic rings. The van der Waals surface area contributed by atoms with Gasteiger partial charge in [-0.3, -0.25) is 9.69 Å². The number of aromatic nitrogens is 2. The zero-order valence-corrected chi connectivity index (χ0v) is 12.8. The van der Waals surface area contributed by atoms with Gasteiger partial charge in [0.25, 0.3) is 10.0 Å². The molecule has 1 fully saturated rings. The lowest BCUT2D eigenvalue weighted by atomic mass is 10.4. The summed E-state index contributed by atoms with van der Waals surface area (Å²) in [5, 5.41) is 8.86. The summed E-state index contributed by atoms with van der Waals surface area (Å²) < 4.78 is 28.1. The second-order valence-corrected chi connectivity index (χ2v) is 6.85. The highest BCUT2D eigenvalue weighted by atomic mass is 32.2. The number of aliphatic carboxylic acids is 1. The maximum absolute atomic E-state index is 12.5. The van der Waals surface area contributed by atoms with Gasteiger partial charge >= 0.3 is 5.97 Å². The van der Waals surface area contributed by atoms with Crippen molar-refractivity contribution in [3.8, 4) is 0 Å². The minimum atomic E-state index is -3.60. The Morgan fingerprint density at radius 1 is 1.33 bits per heavy atom. The van der Waals surface area contributed by atoms with Crippen molar-refractivity contribution in [1.29, 1.82) is 0 Å². The Hall–Kier alpha value is -1.45. The Balaban J connectivity index is 2.08. The largest absolute Gasteiger partial charge is 0.480 e. The summed E-state index contributed by atoms with van der Waals surface area (Å²) in [4.78, 5) is 16.4. The van der Waals surface area contributed by atoms with Gasteiger partial charge in [-0.05, 0) is 13.3 Å². The van der Waals surface area contributed by atoms with E-state index in [1.54, 1.807) is 9.47 Å². The van der Waals surface area contributed by atoms with Crippen molar-refractivity contribution in [3.05, 3.63) is 12.5 Å². The summed E-state index contributed by atoms with van der Waals surface area (Å²) in [7, 11) is -3.60. The number of carboxylic acids is 1. The van der Waals surface area contributed by atoms with Crippen molar-refractivity contribution in [1.82, 2.24) is 18.8 Å². The standard InChI is InChI=1S/C12H20N4O4S/c1-2-14-8-11(13-10-14)21(19,20)16-5-3-4-15(6-7-16)9-12(17)18/h8,10H,2-7,9H2,1H3,(H,17,18). The molecule has 1 saturated heterocycles. The molecule has 1 N–H and O–H groups in total. The van der Waals surface area contributed by atoms with Gasteiger partial charge in [0, 0.05) is 38.9 Å². The number of sulfonamides is 1. The molecule has 1 aromatic heterocycles. The van der Waals surface area contributed by atoms with Gasteiger partial charge in [0.1, 0.15) is 0 Å². The Kier molecular flexibility index (Phi) is 4.96. The Labute approximate surface area is 124 Å². The zero-order valence-electron chi connectivity index (χ0n) is 12.0. The zero-order chi connectivity index (χ0) is 15.5. The molecule has 0 bridgehead atoms. The van der Waals surface area contributed by atoms with E-state index in [-0.39, 0.29) is 18.1 Å². The minimum absolute atomic E-state index is 0.0519. The molecular formula is C12H20N4O4S. The Bertz CT molecular complexity index is 598. The van der Waals surface area contributed by atoms with Gasteiger partial charge in [0.2, 0.25) is 0 Å². The van der Waals surface area contributed by atoms with Crippen LogP contribution in [0.2, 0.25) is 0 Å². The lowest BCUT2D eigenvalue weighted by molar-refractivity contribution is -0.138. The van der Waals surface area contributed by atoms with Crippen molar-refractivity contribution >= 4 is 16.0 Å². The van der Waals surface area contributed by atoms with Gasteiger partial charge in [-0.2, -0.15) is 4.31 Å². The second kappa shape index (κ2) is 6.54. The highest BCUT2D eigenvalue weighted by Crippen LogP contribution is 2.16. The molecule has 0 aliphatic carbocycles. The lowest BCUT2D eigenvalue weighted by Crippen LogP contribution is -2.36. The van der Waals surface area contributed by atoms with E-state index in [1.807, 2.05) is 6.92 Å². The fourth-order valence-electron chi connectivity index (χ4n) is 2.31. The van der Waals surface area contributed by atoms with Gasteiger partial charge in [-0.1, -0.05) is 0 Å². The molecule has 0 atom stereocenters. The fraction of sp³-hybridized carbons (Fsp3) is 0.667. The number of hydrogen-bond acceptors (Lipinski definition) is 5. The number of carbonyl (C=O) groups is 1. The first kappa shape index (κ1) is 15.9. The summed E-state index contributed by atoms with van der Waals surface area (Å²) in [6.45, 7) is 4.19. The molecule has 0 saturated carbocycles. The van der Waals surface area contributed by atoms with Gasteiger partial charge in [0.05, 0.1) is 12.9 Å². The highest BCUT2D eigenvalue weighted by Gasteiger charge is 2.29. The highest BCUT2D eigenvalue weighted by molar-refractivity contribution is 7.89. The average Bonchev–Trinajstić information content (AvgIpc) is 2.79. The van der Waals surface area contributed by atoms with Crippen LogP contribution < -0.4 is 0 Å². The summed E-state index contributed by atoms with van der Waals surface area (Å²) in [5.74, 6) is -0.895. The average molecular weight is 316 g/mol. The number of rotatable bonds is 5. The van der Waals surface area contributed by atoms with E-state index in [0.29, 0.717) is 32.6 Å². The third kappa shape index (κ3) is 3.80. The number of aryl methyl sites for hydroxylation is 1. The molecule has 21 heavy (non-hydrogen) atoms. The topological polar surface area (TPSA) is 95.7 Å². The van der Waals surface area contributed by atoms with Crippen LogP contribution in [0.3, 0.4) is 0 Å². The van der Waals surface area contributed by atoms with Crippen LogP contribution in [0.1, 0.15) is 13.3 Å². The third-order valence-corrected chi connectivity index (χ3v) is 5.27. The number of hydrogen-bond donors (Lipinski definition) is 1. The van der Waals surface area contributed by atoms with Crippen molar-refractivity contribution in [2.45, 2.75) is 24.9 Å². The number of carboxylic acid groups (broad SMARTS) is 1. The predicted molar refractivity (Wildman–Crippen MR) is 75.4 cm³/mol. The van der Waals surface area contributed by atoms with Crippen LogP contribution in [0.15, 0.2) is 17.6 Å². The summed E-state index contributed by atoms with van der Waals surface area (Å²) in [6.07, 6.45) is 3.64. The van der Waals surface area contributed by atoms with Gasteiger partial charge < -0.3 is 9.67 Å². The monoisotopic (exact) mass is 316 g/mol. The first-order valence-corrected chi connectivity index (χ1v) is 8.33. The first-order valence-electron chi connectivity index (χ1n) is 6.89. The van der Waals surface area contributed by atoms with Crippen LogP contribution in [0.4, 0.5) is 0 Å². The van der Waals surface area contributed by atoms with Crippen molar-refractivity contribution in [2.75, 3.05) is 32.7 Å². The van der Waals surface area contributed by atoms with E-state index in [2.05, 4.69) is 4.98 Å². The van der Waals surface area contributed by atoms with Crippen LogP contribution >= 0.6 is 0 Å². The third-order valence-electron chi connectivity index (χ3n) is 3.49. The molecule has 2 heterocycles.